The molecule has 0 aliphatic carbocycles. The van der Waals surface area contributed by atoms with E-state index in [1.807, 2.05) is 48.5 Å². The van der Waals surface area contributed by atoms with Crippen LogP contribution in [0.25, 0.3) is 11.0 Å². The molecule has 0 spiro atoms. The standard InChI is InChI=1S/C7H6O2.C6H4N2O.2CH4/c1-2-4-7-6(3-1)8-5-9-7;1-2-4-6-5(3-1)7-9-8-6;;/h1-4H,5H2;1-4H;2*1H4. The van der Waals surface area contributed by atoms with Crippen LogP contribution in [0.2, 0.25) is 0 Å². The maximum atomic E-state index is 5.08. The van der Waals surface area contributed by atoms with E-state index in [1.54, 1.807) is 0 Å². The van der Waals surface area contributed by atoms with Gasteiger partial charge in [0.15, 0.2) is 11.5 Å². The maximum absolute atomic E-state index is 5.08. The molecule has 5 heteroatoms. The van der Waals surface area contributed by atoms with Crippen LogP contribution in [0, 0.1) is 0 Å². The van der Waals surface area contributed by atoms with E-state index < -0.39 is 0 Å². The normalized spacial score (nSPS) is 10.8. The number of rotatable bonds is 0. The van der Waals surface area contributed by atoms with Crippen LogP contribution in [0.1, 0.15) is 14.9 Å². The van der Waals surface area contributed by atoms with Gasteiger partial charge in [-0.2, -0.15) is 0 Å². The highest BCUT2D eigenvalue weighted by Gasteiger charge is 2.09. The Balaban J connectivity index is 0.000000182. The maximum Gasteiger partial charge on any atom is 0.231 e. The summed E-state index contributed by atoms with van der Waals surface area (Å²) in [7, 11) is 0. The summed E-state index contributed by atoms with van der Waals surface area (Å²) < 4.78 is 14.6. The van der Waals surface area contributed by atoms with Crippen LogP contribution < -0.4 is 9.47 Å². The van der Waals surface area contributed by atoms with Gasteiger partial charge in [0.2, 0.25) is 6.79 Å². The smallest absolute Gasteiger partial charge is 0.231 e. The van der Waals surface area contributed by atoms with Gasteiger partial charge in [0.25, 0.3) is 0 Å². The van der Waals surface area contributed by atoms with E-state index in [9.17, 15) is 0 Å². The van der Waals surface area contributed by atoms with Crippen molar-refractivity contribution in [3.05, 3.63) is 48.5 Å². The topological polar surface area (TPSA) is 57.4 Å². The van der Waals surface area contributed by atoms with Gasteiger partial charge >= 0.3 is 0 Å². The minimum Gasteiger partial charge on any atom is -0.454 e. The fourth-order valence-electron chi connectivity index (χ4n) is 1.57. The van der Waals surface area contributed by atoms with Gasteiger partial charge in [0, 0.05) is 0 Å². The summed E-state index contributed by atoms with van der Waals surface area (Å²) in [4.78, 5) is 0. The predicted molar refractivity (Wildman–Crippen MR) is 77.8 cm³/mol. The first-order chi connectivity index (χ1) is 8.93. The molecule has 1 aliphatic heterocycles. The second-order valence-corrected chi connectivity index (χ2v) is 3.61. The van der Waals surface area contributed by atoms with Crippen molar-refractivity contribution in [1.82, 2.24) is 10.3 Å². The largest absolute Gasteiger partial charge is 0.454 e. The van der Waals surface area contributed by atoms with Crippen molar-refractivity contribution in [2.75, 3.05) is 6.79 Å². The third kappa shape index (κ3) is 3.26. The molecule has 0 amide bonds. The molecule has 0 radical (unpaired) electrons. The molecule has 0 fully saturated rings. The molecule has 20 heavy (non-hydrogen) atoms. The second-order valence-electron chi connectivity index (χ2n) is 3.61. The predicted octanol–water partition coefficient (Wildman–Crippen LogP) is 3.91. The Morgan fingerprint density at radius 2 is 1.15 bits per heavy atom. The number of nitrogens with zero attached hydrogens (tertiary/aromatic N) is 2. The lowest BCUT2D eigenvalue weighted by molar-refractivity contribution is 0.174. The van der Waals surface area contributed by atoms with Crippen molar-refractivity contribution in [2.45, 2.75) is 14.9 Å². The molecule has 3 aromatic rings. The molecule has 1 aliphatic rings. The molecule has 0 N–H and O–H groups in total. The van der Waals surface area contributed by atoms with Crippen LogP contribution in [0.3, 0.4) is 0 Å². The number of benzene rings is 2. The van der Waals surface area contributed by atoms with E-state index >= 15 is 0 Å². The van der Waals surface area contributed by atoms with Crippen molar-refractivity contribution in [3.8, 4) is 11.5 Å². The Morgan fingerprint density at radius 3 is 1.65 bits per heavy atom. The van der Waals surface area contributed by atoms with Crippen molar-refractivity contribution in [3.63, 3.8) is 0 Å². The molecule has 4 rings (SSSR count). The van der Waals surface area contributed by atoms with Gasteiger partial charge in [-0.3, -0.25) is 0 Å². The number of hydrogen-bond acceptors (Lipinski definition) is 5. The van der Waals surface area contributed by atoms with Gasteiger partial charge in [-0.05, 0) is 34.6 Å². The van der Waals surface area contributed by atoms with Crippen LogP contribution >= 0.6 is 0 Å². The van der Waals surface area contributed by atoms with Crippen molar-refractivity contribution < 1.29 is 14.1 Å². The zero-order valence-electron chi connectivity index (χ0n) is 9.45. The Bertz CT molecular complexity index is 599. The van der Waals surface area contributed by atoms with E-state index in [0.29, 0.717) is 6.79 Å². The van der Waals surface area contributed by atoms with Crippen LogP contribution in [-0.4, -0.2) is 17.1 Å². The van der Waals surface area contributed by atoms with Gasteiger partial charge in [0.05, 0.1) is 0 Å². The summed E-state index contributed by atoms with van der Waals surface area (Å²) >= 11 is 0. The molecule has 106 valence electrons. The minimum absolute atomic E-state index is 0. The quantitative estimate of drug-likeness (QED) is 0.622. The third-order valence-electron chi connectivity index (χ3n) is 2.44. The average Bonchev–Trinajstić information content (AvgIpc) is 3.08. The SMILES string of the molecule is C.C.c1ccc2c(c1)OCO2.c1ccc2nonc2c1. The Labute approximate surface area is 118 Å². The Kier molecular flexibility index (Phi) is 5.53. The fourth-order valence-corrected chi connectivity index (χ4v) is 1.57. The zero-order valence-corrected chi connectivity index (χ0v) is 9.45. The van der Waals surface area contributed by atoms with Crippen LogP contribution in [0.4, 0.5) is 0 Å². The molecular weight excluding hydrogens is 256 g/mol. The highest BCUT2D eigenvalue weighted by Crippen LogP contribution is 2.30. The van der Waals surface area contributed by atoms with E-state index in [2.05, 4.69) is 14.9 Å². The van der Waals surface area contributed by atoms with Crippen LogP contribution in [0.5, 0.6) is 11.5 Å². The van der Waals surface area contributed by atoms with Crippen LogP contribution in [-0.2, 0) is 0 Å². The second kappa shape index (κ2) is 7.13. The number of ether oxygens (including phenoxy) is 2. The number of para-hydroxylation sites is 2. The molecule has 2 heterocycles. The summed E-state index contributed by atoms with van der Waals surface area (Å²) in [5.41, 5.74) is 1.61. The van der Waals surface area contributed by atoms with Gasteiger partial charge in [-0.1, -0.05) is 39.1 Å². The summed E-state index contributed by atoms with van der Waals surface area (Å²) in [6, 6.07) is 15.1. The van der Waals surface area contributed by atoms with E-state index in [1.165, 1.54) is 0 Å². The van der Waals surface area contributed by atoms with Gasteiger partial charge in [-0.15, -0.1) is 0 Å². The lowest BCUT2D eigenvalue weighted by atomic mass is 10.3. The molecular formula is C15H18N2O3. The molecule has 0 saturated heterocycles. The number of aromatic nitrogens is 2. The lowest BCUT2D eigenvalue weighted by Crippen LogP contribution is -1.92. The molecule has 5 nitrogen and oxygen atoms in total. The molecule has 0 unspecified atom stereocenters. The number of hydrogen-bond donors (Lipinski definition) is 0. The Hall–Kier alpha value is -2.56. The average molecular weight is 274 g/mol. The molecule has 0 bridgehead atoms. The van der Waals surface area contributed by atoms with Gasteiger partial charge < -0.3 is 9.47 Å². The zero-order chi connectivity index (χ0) is 12.2. The summed E-state index contributed by atoms with van der Waals surface area (Å²) in [5.74, 6) is 1.69. The van der Waals surface area contributed by atoms with E-state index in [4.69, 9.17) is 9.47 Å². The summed E-state index contributed by atoms with van der Waals surface area (Å²) in [6.07, 6.45) is 0. The van der Waals surface area contributed by atoms with E-state index in [0.717, 1.165) is 22.5 Å². The fraction of sp³-hybridized carbons (Fsp3) is 0.200. The Morgan fingerprint density at radius 1 is 0.700 bits per heavy atom. The van der Waals surface area contributed by atoms with Crippen molar-refractivity contribution >= 4 is 11.0 Å². The lowest BCUT2D eigenvalue weighted by Gasteiger charge is -1.89. The first kappa shape index (κ1) is 15.5. The van der Waals surface area contributed by atoms with E-state index in [-0.39, 0.29) is 14.9 Å². The molecule has 0 atom stereocenters. The van der Waals surface area contributed by atoms with Crippen molar-refractivity contribution in [2.24, 2.45) is 0 Å². The van der Waals surface area contributed by atoms with Gasteiger partial charge in [-0.25, -0.2) is 4.63 Å². The molecule has 2 aromatic carbocycles. The highest BCUT2D eigenvalue weighted by molar-refractivity contribution is 5.72. The highest BCUT2D eigenvalue weighted by atomic mass is 16.7. The third-order valence-corrected chi connectivity index (χ3v) is 2.44. The summed E-state index contributed by atoms with van der Waals surface area (Å²) in [6.45, 7) is 0.360. The van der Waals surface area contributed by atoms with Gasteiger partial charge in [0.1, 0.15) is 11.0 Å². The molecule has 0 saturated carbocycles. The number of fused-ring (bicyclic) bond motifs is 2. The monoisotopic (exact) mass is 274 g/mol. The molecule has 1 aromatic heterocycles. The first-order valence-corrected chi connectivity index (χ1v) is 5.45. The van der Waals surface area contributed by atoms with Crippen molar-refractivity contribution in [1.29, 1.82) is 0 Å². The van der Waals surface area contributed by atoms with Crippen LogP contribution in [0.15, 0.2) is 53.2 Å². The first-order valence-electron chi connectivity index (χ1n) is 5.45. The summed E-state index contributed by atoms with van der Waals surface area (Å²) in [5, 5.41) is 7.27. The minimum atomic E-state index is 0.